The molecular formula is C17H14N4O5S. The summed E-state index contributed by atoms with van der Waals surface area (Å²) in [5.74, 6) is 0.842. The number of hydrogen-bond donors (Lipinski definition) is 2. The van der Waals surface area contributed by atoms with Crippen LogP contribution in [0.5, 0.6) is 17.4 Å². The van der Waals surface area contributed by atoms with Gasteiger partial charge in [-0.3, -0.25) is 10.1 Å². The molecule has 0 radical (unpaired) electrons. The number of anilines is 1. The molecule has 0 aliphatic carbocycles. The van der Waals surface area contributed by atoms with Crippen molar-refractivity contribution in [1.82, 2.24) is 15.3 Å². The lowest BCUT2D eigenvalue weighted by molar-refractivity contribution is -0.121. The monoisotopic (exact) mass is 386 g/mol. The number of rotatable bonds is 4. The number of ether oxygens (including phenoxy) is 3. The number of urea groups is 1. The molecule has 0 spiro atoms. The van der Waals surface area contributed by atoms with E-state index < -0.39 is 11.9 Å². The van der Waals surface area contributed by atoms with E-state index in [1.807, 2.05) is 11.4 Å². The van der Waals surface area contributed by atoms with Gasteiger partial charge in [-0.25, -0.2) is 14.8 Å². The second-order valence-corrected chi connectivity index (χ2v) is 6.36. The summed E-state index contributed by atoms with van der Waals surface area (Å²) in [6, 6.07) is 6.10. The van der Waals surface area contributed by atoms with Crippen molar-refractivity contribution in [2.75, 3.05) is 25.1 Å². The maximum absolute atomic E-state index is 12.0. The van der Waals surface area contributed by atoms with E-state index in [1.165, 1.54) is 17.7 Å². The van der Waals surface area contributed by atoms with Gasteiger partial charge in [-0.1, -0.05) is 0 Å². The van der Waals surface area contributed by atoms with Crippen molar-refractivity contribution in [1.29, 1.82) is 0 Å². The van der Waals surface area contributed by atoms with E-state index in [9.17, 15) is 9.59 Å². The molecular weight excluding hydrogens is 372 g/mol. The largest absolute Gasteiger partial charge is 0.486 e. The summed E-state index contributed by atoms with van der Waals surface area (Å²) in [5, 5.41) is 7.33. The number of thiophene rings is 1. The maximum Gasteiger partial charge on any atom is 0.325 e. The standard InChI is InChI=1S/C17H14N4O5S/c22-14(8-26-15-11-3-6-27-16(11)19-9-18-15)21-17(23)20-10-1-2-12-13(7-10)25-5-4-24-12/h1-3,6-7,9H,4-5,8H2,(H2,20,21,22,23). The van der Waals surface area contributed by atoms with Gasteiger partial charge in [0.2, 0.25) is 5.88 Å². The van der Waals surface area contributed by atoms with Crippen molar-refractivity contribution in [3.8, 4) is 17.4 Å². The number of carbonyl (C=O) groups is 2. The van der Waals surface area contributed by atoms with Crippen molar-refractivity contribution < 1.29 is 23.8 Å². The van der Waals surface area contributed by atoms with Crippen LogP contribution in [-0.4, -0.2) is 41.7 Å². The van der Waals surface area contributed by atoms with E-state index in [-0.39, 0.29) is 6.61 Å². The molecule has 10 heteroatoms. The summed E-state index contributed by atoms with van der Waals surface area (Å²) in [5.41, 5.74) is 0.473. The Labute approximate surface area is 157 Å². The van der Waals surface area contributed by atoms with Crippen molar-refractivity contribution in [2.45, 2.75) is 0 Å². The van der Waals surface area contributed by atoms with Gasteiger partial charge in [0.25, 0.3) is 5.91 Å². The number of fused-ring (bicyclic) bond motifs is 2. The topological polar surface area (TPSA) is 112 Å². The van der Waals surface area contributed by atoms with Crippen LogP contribution < -0.4 is 24.8 Å². The van der Waals surface area contributed by atoms with Gasteiger partial charge in [-0.2, -0.15) is 0 Å². The highest BCUT2D eigenvalue weighted by Crippen LogP contribution is 2.32. The van der Waals surface area contributed by atoms with Crippen LogP contribution in [0.2, 0.25) is 0 Å². The molecule has 0 saturated heterocycles. The minimum Gasteiger partial charge on any atom is -0.486 e. The van der Waals surface area contributed by atoms with Crippen LogP contribution in [0.3, 0.4) is 0 Å². The Bertz CT molecular complexity index is 1010. The van der Waals surface area contributed by atoms with E-state index in [0.29, 0.717) is 36.3 Å². The van der Waals surface area contributed by atoms with Crippen molar-refractivity contribution >= 4 is 39.2 Å². The second kappa shape index (κ2) is 7.46. The molecule has 3 aromatic rings. The minimum atomic E-state index is -0.677. The summed E-state index contributed by atoms with van der Waals surface area (Å²) in [6.07, 6.45) is 1.36. The Hall–Kier alpha value is -3.40. The summed E-state index contributed by atoms with van der Waals surface area (Å²) >= 11 is 1.44. The lowest BCUT2D eigenvalue weighted by Crippen LogP contribution is -2.37. The highest BCUT2D eigenvalue weighted by Gasteiger charge is 2.14. The van der Waals surface area contributed by atoms with Gasteiger partial charge in [-0.15, -0.1) is 11.3 Å². The van der Waals surface area contributed by atoms with Crippen LogP contribution in [0.15, 0.2) is 36.0 Å². The average molecular weight is 386 g/mol. The van der Waals surface area contributed by atoms with Crippen LogP contribution in [0.1, 0.15) is 0 Å². The zero-order valence-corrected chi connectivity index (χ0v) is 14.7. The number of hydrogen-bond acceptors (Lipinski definition) is 8. The summed E-state index contributed by atoms with van der Waals surface area (Å²) in [7, 11) is 0. The first-order valence-electron chi connectivity index (χ1n) is 8.00. The third-order valence-electron chi connectivity index (χ3n) is 3.62. The van der Waals surface area contributed by atoms with Crippen LogP contribution in [0.4, 0.5) is 10.5 Å². The number of imide groups is 1. The number of carbonyl (C=O) groups excluding carboxylic acids is 2. The van der Waals surface area contributed by atoms with Crippen molar-refractivity contribution in [2.24, 2.45) is 0 Å². The summed E-state index contributed by atoms with van der Waals surface area (Å²) < 4.78 is 16.3. The number of nitrogens with zero attached hydrogens (tertiary/aromatic N) is 2. The molecule has 0 fully saturated rings. The molecule has 3 amide bonds. The molecule has 2 aromatic heterocycles. The lowest BCUT2D eigenvalue weighted by Gasteiger charge is -2.19. The van der Waals surface area contributed by atoms with Gasteiger partial charge < -0.3 is 19.5 Å². The van der Waals surface area contributed by atoms with E-state index in [2.05, 4.69) is 20.6 Å². The summed E-state index contributed by atoms with van der Waals surface area (Å²) in [4.78, 5) is 32.8. The molecule has 0 unspecified atom stereocenters. The SMILES string of the molecule is O=C(COc1ncnc2sccc12)NC(=O)Nc1ccc2c(c1)OCCO2. The lowest BCUT2D eigenvalue weighted by atomic mass is 10.2. The van der Waals surface area contributed by atoms with Crippen molar-refractivity contribution in [3.05, 3.63) is 36.0 Å². The van der Waals surface area contributed by atoms with Gasteiger partial charge in [0.15, 0.2) is 18.1 Å². The second-order valence-electron chi connectivity index (χ2n) is 5.47. The predicted octanol–water partition coefficient (Wildman–Crippen LogP) is 2.19. The van der Waals surface area contributed by atoms with Crippen molar-refractivity contribution in [3.63, 3.8) is 0 Å². The third-order valence-corrected chi connectivity index (χ3v) is 4.44. The maximum atomic E-state index is 12.0. The molecule has 1 aliphatic heterocycles. The Morgan fingerprint density at radius 1 is 1.15 bits per heavy atom. The number of benzene rings is 1. The first-order valence-corrected chi connectivity index (χ1v) is 8.88. The molecule has 4 rings (SSSR count). The fourth-order valence-corrected chi connectivity index (χ4v) is 3.19. The van der Waals surface area contributed by atoms with Crippen LogP contribution in [0.25, 0.3) is 10.2 Å². The van der Waals surface area contributed by atoms with E-state index in [4.69, 9.17) is 14.2 Å². The van der Waals surface area contributed by atoms with E-state index >= 15 is 0 Å². The molecule has 1 aliphatic rings. The zero-order valence-electron chi connectivity index (χ0n) is 13.9. The zero-order chi connectivity index (χ0) is 18.6. The molecule has 2 N–H and O–H groups in total. The highest BCUT2D eigenvalue weighted by atomic mass is 32.1. The van der Waals surface area contributed by atoms with Crippen LogP contribution in [0, 0.1) is 0 Å². The molecule has 27 heavy (non-hydrogen) atoms. The van der Waals surface area contributed by atoms with Crippen LogP contribution in [-0.2, 0) is 4.79 Å². The molecule has 1 aromatic carbocycles. The number of aromatic nitrogens is 2. The van der Waals surface area contributed by atoms with Crippen LogP contribution >= 0.6 is 11.3 Å². The smallest absolute Gasteiger partial charge is 0.325 e. The fraction of sp³-hybridized carbons (Fsp3) is 0.176. The Balaban J connectivity index is 1.31. The van der Waals surface area contributed by atoms with Gasteiger partial charge in [0.05, 0.1) is 5.39 Å². The molecule has 0 atom stereocenters. The quantitative estimate of drug-likeness (QED) is 0.707. The molecule has 0 saturated carbocycles. The van der Waals surface area contributed by atoms with E-state index in [0.717, 1.165) is 10.2 Å². The van der Waals surface area contributed by atoms with Gasteiger partial charge in [-0.05, 0) is 23.6 Å². The van der Waals surface area contributed by atoms with Gasteiger partial charge in [0, 0.05) is 11.8 Å². The van der Waals surface area contributed by atoms with E-state index in [1.54, 1.807) is 18.2 Å². The molecule has 0 bridgehead atoms. The number of nitrogens with one attached hydrogen (secondary N) is 2. The highest BCUT2D eigenvalue weighted by molar-refractivity contribution is 7.16. The normalized spacial score (nSPS) is 12.4. The summed E-state index contributed by atoms with van der Waals surface area (Å²) in [6.45, 7) is 0.578. The molecule has 3 heterocycles. The average Bonchev–Trinajstić information content (AvgIpc) is 3.15. The predicted molar refractivity (Wildman–Crippen MR) is 97.5 cm³/mol. The number of amides is 3. The first-order chi connectivity index (χ1) is 13.2. The third kappa shape index (κ3) is 3.90. The minimum absolute atomic E-state index is 0.295. The first kappa shape index (κ1) is 17.0. The molecule has 138 valence electrons. The Kier molecular flexibility index (Phi) is 4.71. The molecule has 9 nitrogen and oxygen atoms in total. The van der Waals surface area contributed by atoms with Gasteiger partial charge in [0.1, 0.15) is 24.4 Å². The Morgan fingerprint density at radius 3 is 2.89 bits per heavy atom. The fourth-order valence-electron chi connectivity index (χ4n) is 2.46. The van der Waals surface area contributed by atoms with Gasteiger partial charge >= 0.3 is 6.03 Å². The Morgan fingerprint density at radius 2 is 2.00 bits per heavy atom.